The molecule has 3 rings (SSSR count). The first kappa shape index (κ1) is 19.5. The van der Waals surface area contributed by atoms with E-state index < -0.39 is 0 Å². The standard InChI is InChI=1S/C20H21FN4O3/c1-13(2)28-20-23-19(14-5-4-6-15(21)11-14)25(24-20)17-9-7-16(8-10-17)22-18(26)12-27-3/h4-11,13H,12H2,1-3H3,(H,22,26). The van der Waals surface area contributed by atoms with Gasteiger partial charge in [-0.1, -0.05) is 12.1 Å². The van der Waals surface area contributed by atoms with Gasteiger partial charge in [0.15, 0.2) is 5.82 Å². The van der Waals surface area contributed by atoms with Crippen LogP contribution >= 0.6 is 0 Å². The fourth-order valence-electron chi connectivity index (χ4n) is 2.56. The van der Waals surface area contributed by atoms with Gasteiger partial charge >= 0.3 is 6.01 Å². The molecule has 0 aliphatic rings. The number of amides is 1. The Balaban J connectivity index is 1.95. The van der Waals surface area contributed by atoms with Crippen LogP contribution < -0.4 is 10.1 Å². The number of halogens is 1. The van der Waals surface area contributed by atoms with Gasteiger partial charge in [0.05, 0.1) is 11.8 Å². The van der Waals surface area contributed by atoms with Gasteiger partial charge in [0.1, 0.15) is 12.4 Å². The molecule has 0 spiro atoms. The number of nitrogens with zero attached hydrogens (tertiary/aromatic N) is 3. The van der Waals surface area contributed by atoms with Gasteiger partial charge in [-0.3, -0.25) is 4.79 Å². The minimum absolute atomic E-state index is 0.0234. The summed E-state index contributed by atoms with van der Waals surface area (Å²) < 4.78 is 25.7. The molecule has 0 bridgehead atoms. The average Bonchev–Trinajstić information content (AvgIpc) is 3.05. The van der Waals surface area contributed by atoms with E-state index in [2.05, 4.69) is 15.4 Å². The van der Waals surface area contributed by atoms with E-state index in [1.54, 1.807) is 41.1 Å². The SMILES string of the molecule is COCC(=O)Nc1ccc(-n2nc(OC(C)C)nc2-c2cccc(F)c2)cc1. The van der Waals surface area contributed by atoms with Gasteiger partial charge < -0.3 is 14.8 Å². The molecule has 0 aliphatic carbocycles. The summed E-state index contributed by atoms with van der Waals surface area (Å²) in [5.41, 5.74) is 1.88. The molecule has 3 aromatic rings. The third kappa shape index (κ3) is 4.72. The van der Waals surface area contributed by atoms with Gasteiger partial charge in [-0.25, -0.2) is 9.07 Å². The number of anilines is 1. The molecule has 0 atom stereocenters. The van der Waals surface area contributed by atoms with Crippen molar-refractivity contribution in [3.63, 3.8) is 0 Å². The van der Waals surface area contributed by atoms with Gasteiger partial charge in [0, 0.05) is 18.4 Å². The molecule has 28 heavy (non-hydrogen) atoms. The topological polar surface area (TPSA) is 78.3 Å². The van der Waals surface area contributed by atoms with Crippen LogP contribution in [-0.2, 0) is 9.53 Å². The fourth-order valence-corrected chi connectivity index (χ4v) is 2.56. The number of rotatable bonds is 7. The van der Waals surface area contributed by atoms with Crippen LogP contribution in [0.3, 0.4) is 0 Å². The molecule has 0 unspecified atom stereocenters. The van der Waals surface area contributed by atoms with E-state index in [0.29, 0.717) is 22.8 Å². The lowest BCUT2D eigenvalue weighted by atomic mass is 10.2. The maximum Gasteiger partial charge on any atom is 0.336 e. The molecule has 1 aromatic heterocycles. The maximum atomic E-state index is 13.7. The largest absolute Gasteiger partial charge is 0.460 e. The van der Waals surface area contributed by atoms with E-state index in [4.69, 9.17) is 9.47 Å². The highest BCUT2D eigenvalue weighted by molar-refractivity contribution is 5.91. The second kappa shape index (κ2) is 8.62. The third-order valence-corrected chi connectivity index (χ3v) is 3.68. The Bertz CT molecular complexity index is 954. The van der Waals surface area contributed by atoms with Crippen molar-refractivity contribution in [2.45, 2.75) is 20.0 Å². The third-order valence-electron chi connectivity index (χ3n) is 3.68. The van der Waals surface area contributed by atoms with Crippen molar-refractivity contribution < 1.29 is 18.7 Å². The van der Waals surface area contributed by atoms with E-state index in [0.717, 1.165) is 0 Å². The molecule has 0 saturated carbocycles. The number of ether oxygens (including phenoxy) is 2. The molecule has 7 nitrogen and oxygen atoms in total. The minimum atomic E-state index is -0.366. The van der Waals surface area contributed by atoms with Crippen molar-refractivity contribution in [3.05, 3.63) is 54.3 Å². The summed E-state index contributed by atoms with van der Waals surface area (Å²) in [4.78, 5) is 16.0. The molecule has 0 radical (unpaired) electrons. The predicted molar refractivity (Wildman–Crippen MR) is 103 cm³/mol. The Morgan fingerprint density at radius 1 is 1.21 bits per heavy atom. The van der Waals surface area contributed by atoms with Crippen LogP contribution in [0.4, 0.5) is 10.1 Å². The molecular weight excluding hydrogens is 363 g/mol. The van der Waals surface area contributed by atoms with Gasteiger partial charge in [-0.05, 0) is 50.2 Å². The summed E-state index contributed by atoms with van der Waals surface area (Å²) in [6.07, 6.45) is -0.102. The van der Waals surface area contributed by atoms with Crippen LogP contribution in [0.2, 0.25) is 0 Å². The van der Waals surface area contributed by atoms with Gasteiger partial charge in [0.2, 0.25) is 5.91 Å². The predicted octanol–water partition coefficient (Wildman–Crippen LogP) is 3.45. The van der Waals surface area contributed by atoms with Gasteiger partial charge in [-0.2, -0.15) is 4.98 Å². The lowest BCUT2D eigenvalue weighted by Gasteiger charge is -2.08. The average molecular weight is 384 g/mol. The maximum absolute atomic E-state index is 13.7. The second-order valence-corrected chi connectivity index (χ2v) is 6.33. The second-order valence-electron chi connectivity index (χ2n) is 6.33. The zero-order valence-electron chi connectivity index (χ0n) is 15.8. The van der Waals surface area contributed by atoms with Crippen LogP contribution in [-0.4, -0.2) is 40.5 Å². The Kier molecular flexibility index (Phi) is 6.00. The lowest BCUT2D eigenvalue weighted by molar-refractivity contribution is -0.119. The number of hydrogen-bond donors (Lipinski definition) is 1. The Labute approximate surface area is 162 Å². The van der Waals surface area contributed by atoms with Crippen molar-refractivity contribution in [2.24, 2.45) is 0 Å². The number of aromatic nitrogens is 3. The highest BCUT2D eigenvalue weighted by Gasteiger charge is 2.16. The van der Waals surface area contributed by atoms with E-state index in [1.165, 1.54) is 19.2 Å². The Morgan fingerprint density at radius 2 is 1.96 bits per heavy atom. The smallest absolute Gasteiger partial charge is 0.336 e. The zero-order valence-corrected chi connectivity index (χ0v) is 15.8. The van der Waals surface area contributed by atoms with E-state index in [-0.39, 0.29) is 30.4 Å². The first-order valence-electron chi connectivity index (χ1n) is 8.75. The van der Waals surface area contributed by atoms with Gasteiger partial charge in [-0.15, -0.1) is 5.10 Å². The molecule has 1 amide bonds. The first-order valence-corrected chi connectivity index (χ1v) is 8.75. The molecule has 0 fully saturated rings. The van der Waals surface area contributed by atoms with E-state index >= 15 is 0 Å². The van der Waals surface area contributed by atoms with Crippen molar-refractivity contribution >= 4 is 11.6 Å². The number of nitrogens with one attached hydrogen (secondary N) is 1. The molecule has 2 aromatic carbocycles. The van der Waals surface area contributed by atoms with Crippen molar-refractivity contribution in [2.75, 3.05) is 19.0 Å². The molecule has 1 heterocycles. The molecule has 1 N–H and O–H groups in total. The van der Waals surface area contributed by atoms with Gasteiger partial charge in [0.25, 0.3) is 0 Å². The summed E-state index contributed by atoms with van der Waals surface area (Å²) in [7, 11) is 1.46. The van der Waals surface area contributed by atoms with Crippen LogP contribution in [0, 0.1) is 5.82 Å². The molecule has 8 heteroatoms. The number of methoxy groups -OCH3 is 1. The minimum Gasteiger partial charge on any atom is -0.460 e. The van der Waals surface area contributed by atoms with Crippen LogP contribution in [0.1, 0.15) is 13.8 Å². The molecule has 0 saturated heterocycles. The quantitative estimate of drug-likeness (QED) is 0.675. The number of carbonyl (C=O) groups excluding carboxylic acids is 1. The highest BCUT2D eigenvalue weighted by atomic mass is 19.1. The summed E-state index contributed by atoms with van der Waals surface area (Å²) in [5.74, 6) is -0.162. The normalized spacial score (nSPS) is 10.9. The monoisotopic (exact) mass is 384 g/mol. The number of benzene rings is 2. The fraction of sp³-hybridized carbons (Fsp3) is 0.250. The summed E-state index contributed by atoms with van der Waals surface area (Å²) >= 11 is 0. The van der Waals surface area contributed by atoms with E-state index in [1.807, 2.05) is 13.8 Å². The summed E-state index contributed by atoms with van der Waals surface area (Å²) in [5, 5.41) is 7.12. The molecule has 0 aliphatic heterocycles. The number of carbonyl (C=O) groups is 1. The first-order chi connectivity index (χ1) is 13.5. The number of hydrogen-bond acceptors (Lipinski definition) is 5. The molecular formula is C20H21FN4O3. The van der Waals surface area contributed by atoms with E-state index in [9.17, 15) is 9.18 Å². The summed E-state index contributed by atoms with van der Waals surface area (Å²) in [6, 6.07) is 13.4. The van der Waals surface area contributed by atoms with Crippen LogP contribution in [0.15, 0.2) is 48.5 Å². The molecule has 146 valence electrons. The lowest BCUT2D eigenvalue weighted by Crippen LogP contribution is -2.17. The van der Waals surface area contributed by atoms with Crippen LogP contribution in [0.5, 0.6) is 6.01 Å². The Morgan fingerprint density at radius 3 is 2.61 bits per heavy atom. The van der Waals surface area contributed by atoms with Crippen molar-refractivity contribution in [3.8, 4) is 23.1 Å². The Hall–Kier alpha value is -3.26. The van der Waals surface area contributed by atoms with Crippen LogP contribution in [0.25, 0.3) is 17.1 Å². The summed E-state index contributed by atoms with van der Waals surface area (Å²) in [6.45, 7) is 3.73. The highest BCUT2D eigenvalue weighted by Crippen LogP contribution is 2.25. The zero-order chi connectivity index (χ0) is 20.1. The van der Waals surface area contributed by atoms with Crippen molar-refractivity contribution in [1.29, 1.82) is 0 Å². The van der Waals surface area contributed by atoms with Crippen molar-refractivity contribution in [1.82, 2.24) is 14.8 Å².